The Hall–Kier alpha value is -0.280. The van der Waals surface area contributed by atoms with E-state index >= 15 is 0 Å². The van der Waals surface area contributed by atoms with E-state index in [1.165, 1.54) is 10.6 Å². The van der Waals surface area contributed by atoms with Crippen LogP contribution in [0.15, 0.2) is 29.2 Å². The third kappa shape index (κ3) is 4.39. The third-order valence-electron chi connectivity index (χ3n) is 2.08. The van der Waals surface area contributed by atoms with Gasteiger partial charge in [-0.25, -0.2) is 0 Å². The second-order valence-electron chi connectivity index (χ2n) is 3.81. The highest BCUT2D eigenvalue weighted by atomic mass is 32.2. The molecule has 0 amide bonds. The summed E-state index contributed by atoms with van der Waals surface area (Å²) >= 11 is 6.13. The number of hydrogen-bond acceptors (Lipinski definition) is 3. The van der Waals surface area contributed by atoms with E-state index in [1.807, 2.05) is 11.8 Å². The van der Waals surface area contributed by atoms with Crippen molar-refractivity contribution in [3.63, 3.8) is 0 Å². The lowest BCUT2D eigenvalue weighted by atomic mass is 10.3. The van der Waals surface area contributed by atoms with Crippen LogP contribution in [0, 0.1) is 0 Å². The van der Waals surface area contributed by atoms with Crippen molar-refractivity contribution in [3.05, 3.63) is 24.3 Å². The first-order valence-corrected chi connectivity index (χ1v) is 6.73. The lowest BCUT2D eigenvalue weighted by Crippen LogP contribution is -2.19. The molecule has 0 aromatic heterocycles. The average Bonchev–Trinajstić information content (AvgIpc) is 2.18. The van der Waals surface area contributed by atoms with Crippen molar-refractivity contribution in [2.75, 3.05) is 24.2 Å². The SMILES string of the molecule is CC(C)Sc1ccc(N(C)CCS)cc1. The monoisotopic (exact) mass is 241 g/mol. The summed E-state index contributed by atoms with van der Waals surface area (Å²) in [6.45, 7) is 5.41. The second-order valence-corrected chi connectivity index (χ2v) is 5.90. The lowest BCUT2D eigenvalue weighted by molar-refractivity contribution is 0.978. The van der Waals surface area contributed by atoms with Crippen LogP contribution in [-0.4, -0.2) is 24.6 Å². The van der Waals surface area contributed by atoms with Crippen molar-refractivity contribution < 1.29 is 0 Å². The number of benzene rings is 1. The summed E-state index contributed by atoms with van der Waals surface area (Å²) in [5.41, 5.74) is 1.26. The summed E-state index contributed by atoms with van der Waals surface area (Å²) in [5, 5.41) is 0.644. The normalized spacial score (nSPS) is 10.7. The summed E-state index contributed by atoms with van der Waals surface area (Å²) in [5.74, 6) is 0.888. The van der Waals surface area contributed by atoms with Gasteiger partial charge < -0.3 is 4.90 Å². The molecule has 0 aliphatic heterocycles. The number of thioether (sulfide) groups is 1. The molecule has 1 aromatic rings. The molecule has 0 bridgehead atoms. The Bertz CT molecular complexity index is 282. The summed E-state index contributed by atoms with van der Waals surface area (Å²) in [6.07, 6.45) is 0. The van der Waals surface area contributed by atoms with E-state index in [2.05, 4.69) is 62.7 Å². The zero-order valence-corrected chi connectivity index (χ0v) is 11.3. The zero-order chi connectivity index (χ0) is 11.3. The van der Waals surface area contributed by atoms with E-state index in [9.17, 15) is 0 Å². The fourth-order valence-corrected chi connectivity index (χ4v) is 2.47. The first-order chi connectivity index (χ1) is 7.13. The van der Waals surface area contributed by atoms with E-state index in [0.29, 0.717) is 5.25 Å². The Morgan fingerprint density at radius 2 is 1.87 bits per heavy atom. The van der Waals surface area contributed by atoms with Gasteiger partial charge in [-0.2, -0.15) is 12.6 Å². The van der Waals surface area contributed by atoms with Crippen molar-refractivity contribution >= 4 is 30.1 Å². The molecule has 0 spiro atoms. The van der Waals surface area contributed by atoms with Gasteiger partial charge in [0.2, 0.25) is 0 Å². The highest BCUT2D eigenvalue weighted by Crippen LogP contribution is 2.25. The molecule has 84 valence electrons. The van der Waals surface area contributed by atoms with Gasteiger partial charge in [-0.05, 0) is 24.3 Å². The molecule has 1 rings (SSSR count). The molecule has 1 nitrogen and oxygen atoms in total. The second kappa shape index (κ2) is 6.33. The third-order valence-corrected chi connectivity index (χ3v) is 3.30. The molecule has 0 saturated carbocycles. The fraction of sp³-hybridized carbons (Fsp3) is 0.500. The molecule has 3 heteroatoms. The number of nitrogens with zero attached hydrogens (tertiary/aromatic N) is 1. The molecule has 0 unspecified atom stereocenters. The fourth-order valence-electron chi connectivity index (χ4n) is 1.33. The summed E-state index contributed by atoms with van der Waals surface area (Å²) in [6, 6.07) is 8.73. The first kappa shape index (κ1) is 12.8. The van der Waals surface area contributed by atoms with Gasteiger partial charge in [0, 0.05) is 35.2 Å². The summed E-state index contributed by atoms with van der Waals surface area (Å²) < 4.78 is 0. The van der Waals surface area contributed by atoms with Crippen LogP contribution in [0.4, 0.5) is 5.69 Å². The zero-order valence-electron chi connectivity index (χ0n) is 9.60. The lowest BCUT2D eigenvalue weighted by Gasteiger charge is -2.18. The van der Waals surface area contributed by atoms with Gasteiger partial charge in [0.05, 0.1) is 0 Å². The van der Waals surface area contributed by atoms with Gasteiger partial charge in [0.25, 0.3) is 0 Å². The minimum atomic E-state index is 0.644. The van der Waals surface area contributed by atoms with E-state index in [-0.39, 0.29) is 0 Å². The van der Waals surface area contributed by atoms with E-state index in [0.717, 1.165) is 12.3 Å². The highest BCUT2D eigenvalue weighted by Gasteiger charge is 2.01. The van der Waals surface area contributed by atoms with Crippen LogP contribution in [0.2, 0.25) is 0 Å². The molecule has 0 radical (unpaired) electrons. The predicted molar refractivity (Wildman–Crippen MR) is 74.6 cm³/mol. The van der Waals surface area contributed by atoms with Gasteiger partial charge in [0.1, 0.15) is 0 Å². The van der Waals surface area contributed by atoms with Crippen LogP contribution < -0.4 is 4.90 Å². The molecule has 0 atom stereocenters. The number of hydrogen-bond donors (Lipinski definition) is 1. The Kier molecular flexibility index (Phi) is 5.40. The summed E-state index contributed by atoms with van der Waals surface area (Å²) in [4.78, 5) is 3.56. The molecule has 0 fully saturated rings. The molecule has 0 aliphatic rings. The van der Waals surface area contributed by atoms with Crippen LogP contribution in [0.1, 0.15) is 13.8 Å². The Morgan fingerprint density at radius 1 is 1.27 bits per heavy atom. The summed E-state index contributed by atoms with van der Waals surface area (Å²) in [7, 11) is 2.10. The molecule has 1 aromatic carbocycles. The topological polar surface area (TPSA) is 3.24 Å². The van der Waals surface area contributed by atoms with Gasteiger partial charge in [-0.1, -0.05) is 13.8 Å². The van der Waals surface area contributed by atoms with Crippen LogP contribution in [-0.2, 0) is 0 Å². The van der Waals surface area contributed by atoms with E-state index < -0.39 is 0 Å². The molecule has 15 heavy (non-hydrogen) atoms. The minimum absolute atomic E-state index is 0.644. The Balaban J connectivity index is 2.63. The molecular weight excluding hydrogens is 222 g/mol. The Morgan fingerprint density at radius 3 is 2.33 bits per heavy atom. The maximum atomic E-state index is 4.23. The maximum Gasteiger partial charge on any atom is 0.0364 e. The van der Waals surface area contributed by atoms with E-state index in [1.54, 1.807) is 0 Å². The standard InChI is InChI=1S/C12H19NS2/c1-10(2)15-12-6-4-11(5-7-12)13(3)8-9-14/h4-7,10,14H,8-9H2,1-3H3. The van der Waals surface area contributed by atoms with Crippen LogP contribution in [0.5, 0.6) is 0 Å². The molecular formula is C12H19NS2. The Labute approximate surface area is 103 Å². The van der Waals surface area contributed by atoms with Crippen molar-refractivity contribution in [1.29, 1.82) is 0 Å². The molecule has 0 aliphatic carbocycles. The smallest absolute Gasteiger partial charge is 0.0364 e. The maximum absolute atomic E-state index is 4.23. The van der Waals surface area contributed by atoms with Gasteiger partial charge in [-0.3, -0.25) is 0 Å². The van der Waals surface area contributed by atoms with Gasteiger partial charge in [0.15, 0.2) is 0 Å². The largest absolute Gasteiger partial charge is 0.374 e. The molecule has 0 heterocycles. The molecule has 0 N–H and O–H groups in total. The van der Waals surface area contributed by atoms with Crippen molar-refractivity contribution in [2.24, 2.45) is 0 Å². The minimum Gasteiger partial charge on any atom is -0.374 e. The number of rotatable bonds is 5. The first-order valence-electron chi connectivity index (χ1n) is 5.22. The van der Waals surface area contributed by atoms with E-state index in [4.69, 9.17) is 0 Å². The van der Waals surface area contributed by atoms with Crippen molar-refractivity contribution in [1.82, 2.24) is 0 Å². The highest BCUT2D eigenvalue weighted by molar-refractivity contribution is 7.99. The van der Waals surface area contributed by atoms with Gasteiger partial charge >= 0.3 is 0 Å². The van der Waals surface area contributed by atoms with Crippen molar-refractivity contribution in [3.8, 4) is 0 Å². The van der Waals surface area contributed by atoms with Crippen LogP contribution in [0.3, 0.4) is 0 Å². The quantitative estimate of drug-likeness (QED) is 0.620. The van der Waals surface area contributed by atoms with Crippen molar-refractivity contribution in [2.45, 2.75) is 24.0 Å². The van der Waals surface area contributed by atoms with Gasteiger partial charge in [-0.15, -0.1) is 11.8 Å². The van der Waals surface area contributed by atoms with Crippen LogP contribution >= 0.6 is 24.4 Å². The molecule has 0 saturated heterocycles. The van der Waals surface area contributed by atoms with Crippen LogP contribution in [0.25, 0.3) is 0 Å². The number of thiol groups is 1. The predicted octanol–water partition coefficient (Wildman–Crippen LogP) is 3.55. The number of anilines is 1. The average molecular weight is 241 g/mol.